The molecule has 3 rings (SSSR count). The quantitative estimate of drug-likeness (QED) is 0.280. The number of carbonyl (C=O) groups excluding carboxylic acids is 3. The van der Waals surface area contributed by atoms with Crippen LogP contribution in [-0.4, -0.2) is 29.9 Å². The van der Waals surface area contributed by atoms with E-state index in [1.807, 2.05) is 25.1 Å². The predicted octanol–water partition coefficient (Wildman–Crippen LogP) is 5.34. The number of benzene rings is 1. The first-order valence-corrected chi connectivity index (χ1v) is 11.5. The number of hydrogen-bond donors (Lipinski definition) is 0. The number of halogens is 1. The average molecular weight is 534 g/mol. The van der Waals surface area contributed by atoms with Crippen molar-refractivity contribution in [1.82, 2.24) is 0 Å². The smallest absolute Gasteiger partial charge is 0.338 e. The van der Waals surface area contributed by atoms with Crippen LogP contribution in [0.5, 0.6) is 0 Å². The maximum Gasteiger partial charge on any atom is 0.338 e. The van der Waals surface area contributed by atoms with E-state index in [9.17, 15) is 14.4 Å². The highest BCUT2D eigenvalue weighted by Gasteiger charge is 2.55. The molecule has 1 aromatic rings. The van der Waals surface area contributed by atoms with Gasteiger partial charge in [-0.25, -0.2) is 4.79 Å². The van der Waals surface area contributed by atoms with Gasteiger partial charge in [-0.2, -0.15) is 0 Å². The van der Waals surface area contributed by atoms with Gasteiger partial charge in [-0.1, -0.05) is 17.2 Å². The highest BCUT2D eigenvalue weighted by molar-refractivity contribution is 14.1. The van der Waals surface area contributed by atoms with Gasteiger partial charge >= 0.3 is 11.9 Å². The van der Waals surface area contributed by atoms with E-state index in [0.717, 1.165) is 22.0 Å². The number of ketones is 1. The SMILES string of the molecule is CC(C)=CCC/C(C)=C/[C@H]1OC(=O)C[C@]12C[C@H](OC(=O)c1ccc(I)cc1)C=CC2=O. The standard InChI is InChI=1S/C25H27IO5/c1-16(2)5-4-6-17(3)13-22-25(15-23(28)31-22)14-20(11-12-21(25)27)30-24(29)18-7-9-19(26)10-8-18/h5,7-13,20,22H,4,6,14-15H2,1-3H3/b17-13+/t20-,22-,25+/m1/s1. The van der Waals surface area contributed by atoms with Crippen molar-refractivity contribution in [1.29, 1.82) is 0 Å². The lowest BCUT2D eigenvalue weighted by atomic mass is 9.69. The Bertz CT molecular complexity index is 953. The molecule has 0 N–H and O–H groups in total. The van der Waals surface area contributed by atoms with Crippen LogP contribution < -0.4 is 0 Å². The highest BCUT2D eigenvalue weighted by Crippen LogP contribution is 2.45. The summed E-state index contributed by atoms with van der Waals surface area (Å²) in [5.74, 6) is -1.01. The third-order valence-corrected chi connectivity index (χ3v) is 6.37. The van der Waals surface area contributed by atoms with Crippen molar-refractivity contribution >= 4 is 40.3 Å². The molecule has 2 aliphatic rings. The maximum atomic E-state index is 12.9. The summed E-state index contributed by atoms with van der Waals surface area (Å²) in [7, 11) is 0. The minimum absolute atomic E-state index is 0.00380. The van der Waals surface area contributed by atoms with Gasteiger partial charge in [0.1, 0.15) is 12.2 Å². The molecule has 1 saturated heterocycles. The van der Waals surface area contributed by atoms with E-state index in [-0.39, 0.29) is 18.6 Å². The van der Waals surface area contributed by atoms with Gasteiger partial charge in [-0.15, -0.1) is 0 Å². The van der Waals surface area contributed by atoms with Gasteiger partial charge in [0, 0.05) is 9.99 Å². The Morgan fingerprint density at radius 3 is 2.61 bits per heavy atom. The van der Waals surface area contributed by atoms with Crippen molar-refractivity contribution in [2.45, 2.75) is 58.7 Å². The lowest BCUT2D eigenvalue weighted by Crippen LogP contribution is -2.43. The molecule has 31 heavy (non-hydrogen) atoms. The van der Waals surface area contributed by atoms with Crippen LogP contribution in [0.1, 0.15) is 56.8 Å². The molecule has 5 nitrogen and oxygen atoms in total. The minimum atomic E-state index is -1.03. The van der Waals surface area contributed by atoms with Crippen molar-refractivity contribution in [2.75, 3.05) is 0 Å². The van der Waals surface area contributed by atoms with Gasteiger partial charge in [0.25, 0.3) is 0 Å². The van der Waals surface area contributed by atoms with E-state index in [1.165, 1.54) is 11.6 Å². The molecule has 164 valence electrons. The Morgan fingerprint density at radius 2 is 1.94 bits per heavy atom. The van der Waals surface area contributed by atoms with E-state index in [4.69, 9.17) is 9.47 Å². The van der Waals surface area contributed by atoms with Crippen LogP contribution in [0.25, 0.3) is 0 Å². The summed E-state index contributed by atoms with van der Waals surface area (Å²) in [6, 6.07) is 7.09. The van der Waals surface area contributed by atoms with Crippen molar-refractivity contribution in [3.63, 3.8) is 0 Å². The van der Waals surface area contributed by atoms with Gasteiger partial charge in [-0.05, 0) is 98.7 Å². The first kappa shape index (κ1) is 23.4. The van der Waals surface area contributed by atoms with Crippen molar-refractivity contribution < 1.29 is 23.9 Å². The largest absolute Gasteiger partial charge is 0.457 e. The summed E-state index contributed by atoms with van der Waals surface area (Å²) in [6.07, 6.45) is 7.77. The Balaban J connectivity index is 1.76. The molecule has 6 heteroatoms. The van der Waals surface area contributed by atoms with Crippen molar-refractivity contribution in [3.8, 4) is 0 Å². The predicted molar refractivity (Wildman–Crippen MR) is 126 cm³/mol. The third kappa shape index (κ3) is 5.73. The molecule has 1 heterocycles. The number of cyclic esters (lactones) is 1. The molecule has 0 unspecified atom stereocenters. The minimum Gasteiger partial charge on any atom is -0.457 e. The van der Waals surface area contributed by atoms with Gasteiger partial charge in [0.2, 0.25) is 0 Å². The maximum absolute atomic E-state index is 12.9. The number of ether oxygens (including phenoxy) is 2. The number of rotatable bonds is 6. The number of esters is 2. The molecule has 0 aromatic heterocycles. The fraction of sp³-hybridized carbons (Fsp3) is 0.400. The van der Waals surface area contributed by atoms with Crippen LogP contribution in [-0.2, 0) is 19.1 Å². The van der Waals surface area contributed by atoms with Gasteiger partial charge in [0.15, 0.2) is 5.78 Å². The van der Waals surface area contributed by atoms with Crippen LogP contribution >= 0.6 is 22.6 Å². The van der Waals surface area contributed by atoms with Crippen molar-refractivity contribution in [3.05, 3.63) is 68.8 Å². The highest BCUT2D eigenvalue weighted by atomic mass is 127. The van der Waals surface area contributed by atoms with E-state index >= 15 is 0 Å². The average Bonchev–Trinajstić information content (AvgIpc) is 3.00. The topological polar surface area (TPSA) is 69.7 Å². The Kier molecular flexibility index (Phi) is 7.51. The van der Waals surface area contributed by atoms with Gasteiger partial charge < -0.3 is 9.47 Å². The Morgan fingerprint density at radius 1 is 1.23 bits per heavy atom. The summed E-state index contributed by atoms with van der Waals surface area (Å²) < 4.78 is 12.2. The lowest BCUT2D eigenvalue weighted by Gasteiger charge is -2.34. The second kappa shape index (κ2) is 9.94. The number of allylic oxidation sites excluding steroid dienone is 4. The molecule has 0 bridgehead atoms. The zero-order valence-electron chi connectivity index (χ0n) is 18.0. The molecule has 0 saturated carbocycles. The zero-order valence-corrected chi connectivity index (χ0v) is 20.2. The van der Waals surface area contributed by atoms with E-state index in [2.05, 4.69) is 42.5 Å². The summed E-state index contributed by atoms with van der Waals surface area (Å²) in [4.78, 5) is 37.6. The molecule has 1 aliphatic carbocycles. The van der Waals surface area contributed by atoms with Gasteiger partial charge in [0.05, 0.1) is 17.4 Å². The van der Waals surface area contributed by atoms with E-state index in [0.29, 0.717) is 5.56 Å². The molecule has 1 aromatic carbocycles. The fourth-order valence-corrected chi connectivity index (χ4v) is 4.31. The van der Waals surface area contributed by atoms with E-state index < -0.39 is 29.6 Å². The molecule has 0 radical (unpaired) electrons. The molecule has 1 fully saturated rings. The first-order chi connectivity index (χ1) is 14.7. The van der Waals surface area contributed by atoms with Crippen LogP contribution in [0, 0.1) is 8.99 Å². The molecular formula is C25H27IO5. The van der Waals surface area contributed by atoms with E-state index in [1.54, 1.807) is 18.2 Å². The molecule has 0 amide bonds. The third-order valence-electron chi connectivity index (χ3n) is 5.65. The lowest BCUT2D eigenvalue weighted by molar-refractivity contribution is -0.140. The fourth-order valence-electron chi connectivity index (χ4n) is 3.95. The second-order valence-corrected chi connectivity index (χ2v) is 9.70. The monoisotopic (exact) mass is 534 g/mol. The normalized spacial score (nSPS) is 25.5. The first-order valence-electron chi connectivity index (χ1n) is 10.4. The molecule has 1 aliphatic heterocycles. The second-order valence-electron chi connectivity index (χ2n) is 8.45. The van der Waals surface area contributed by atoms with Crippen LogP contribution in [0.15, 0.2) is 59.7 Å². The van der Waals surface area contributed by atoms with Crippen LogP contribution in [0.4, 0.5) is 0 Å². The molecular weight excluding hydrogens is 507 g/mol. The van der Waals surface area contributed by atoms with Crippen LogP contribution in [0.3, 0.4) is 0 Å². The zero-order chi connectivity index (χ0) is 22.6. The van der Waals surface area contributed by atoms with Crippen molar-refractivity contribution in [2.24, 2.45) is 5.41 Å². The summed E-state index contributed by atoms with van der Waals surface area (Å²) in [5.41, 5.74) is 1.74. The van der Waals surface area contributed by atoms with Crippen LogP contribution in [0.2, 0.25) is 0 Å². The van der Waals surface area contributed by atoms with Gasteiger partial charge in [-0.3, -0.25) is 9.59 Å². The molecule has 3 atom stereocenters. The number of hydrogen-bond acceptors (Lipinski definition) is 5. The summed E-state index contributed by atoms with van der Waals surface area (Å²) >= 11 is 2.17. The summed E-state index contributed by atoms with van der Waals surface area (Å²) in [5, 5.41) is 0. The number of carbonyl (C=O) groups is 3. The Labute approximate surface area is 196 Å². The Hall–Kier alpha value is -2.22. The molecule has 1 spiro atoms. The summed E-state index contributed by atoms with van der Waals surface area (Å²) in [6.45, 7) is 6.09.